The fourth-order valence-electron chi connectivity index (χ4n) is 4.74. The van der Waals surface area contributed by atoms with E-state index in [1.165, 1.54) is 0 Å². The van der Waals surface area contributed by atoms with Crippen LogP contribution in [-0.4, -0.2) is 28.1 Å². The minimum absolute atomic E-state index is 0.0130. The van der Waals surface area contributed by atoms with Crippen molar-refractivity contribution in [3.8, 4) is 17.0 Å². The molecule has 0 aliphatic rings. The summed E-state index contributed by atoms with van der Waals surface area (Å²) in [5.41, 5.74) is 4.72. The highest BCUT2D eigenvalue weighted by atomic mass is 35.5. The normalized spacial score (nSPS) is 12.5. The maximum atomic E-state index is 12.5. The third kappa shape index (κ3) is 7.30. The third-order valence-electron chi connectivity index (χ3n) is 6.73. The highest BCUT2D eigenvalue weighted by molar-refractivity contribution is 6.30. The minimum atomic E-state index is -0.949. The number of hydrogen-bond acceptors (Lipinski definition) is 3. The first-order valence-electron chi connectivity index (χ1n) is 13.1. The fourth-order valence-corrected chi connectivity index (χ4v) is 4.87. The van der Waals surface area contributed by atoms with Crippen molar-refractivity contribution in [1.82, 2.24) is 9.88 Å². The molecule has 4 aromatic rings. The van der Waals surface area contributed by atoms with E-state index < -0.39 is 5.97 Å². The van der Waals surface area contributed by atoms with Gasteiger partial charge in [-0.15, -0.1) is 0 Å². The number of halogens is 1. The number of benzene rings is 3. The monoisotopic (exact) mass is 544 g/mol. The molecular weight excluding hydrogens is 512 g/mol. The van der Waals surface area contributed by atoms with Gasteiger partial charge in [-0.1, -0.05) is 61.3 Å². The Hall–Kier alpha value is -4.03. The SMILES string of the molecule is CCC[C@H](c1ccc(C(=O)NCCC(=O)O)cc1)[C@@H](Oc1cccc(-c2cccn2C)c1)c1ccc(Cl)cc1. The number of aliphatic carboxylic acids is 1. The number of rotatable bonds is 12. The number of nitrogens with zero attached hydrogens (tertiary/aromatic N) is 1. The Bertz CT molecular complexity index is 1400. The van der Waals surface area contributed by atoms with Crippen LogP contribution in [-0.2, 0) is 11.8 Å². The Kier molecular flexibility index (Phi) is 9.45. The van der Waals surface area contributed by atoms with Crippen LogP contribution in [0.4, 0.5) is 0 Å². The number of carbonyl (C=O) groups excluding carboxylic acids is 1. The molecule has 6 nitrogen and oxygen atoms in total. The second kappa shape index (κ2) is 13.2. The zero-order chi connectivity index (χ0) is 27.8. The Morgan fingerprint density at radius 1 is 0.974 bits per heavy atom. The van der Waals surface area contributed by atoms with Gasteiger partial charge in [-0.05, 0) is 66.1 Å². The van der Waals surface area contributed by atoms with Crippen molar-refractivity contribution in [3.05, 3.63) is 113 Å². The van der Waals surface area contributed by atoms with E-state index in [-0.39, 0.29) is 30.9 Å². The van der Waals surface area contributed by atoms with Crippen LogP contribution in [0.5, 0.6) is 5.75 Å². The van der Waals surface area contributed by atoms with Gasteiger partial charge in [-0.25, -0.2) is 0 Å². The van der Waals surface area contributed by atoms with Crippen LogP contribution >= 0.6 is 11.6 Å². The topological polar surface area (TPSA) is 80.6 Å². The summed E-state index contributed by atoms with van der Waals surface area (Å²) in [6.45, 7) is 2.23. The summed E-state index contributed by atoms with van der Waals surface area (Å²) in [6, 6.07) is 27.4. The molecule has 2 atom stereocenters. The summed E-state index contributed by atoms with van der Waals surface area (Å²) in [4.78, 5) is 23.2. The molecule has 2 N–H and O–H groups in total. The molecule has 1 heterocycles. The maximum absolute atomic E-state index is 12.5. The third-order valence-corrected chi connectivity index (χ3v) is 6.98. The van der Waals surface area contributed by atoms with E-state index in [0.29, 0.717) is 10.6 Å². The zero-order valence-corrected chi connectivity index (χ0v) is 22.9. The second-order valence-electron chi connectivity index (χ2n) is 9.54. The van der Waals surface area contributed by atoms with Gasteiger partial charge in [0, 0.05) is 47.6 Å². The van der Waals surface area contributed by atoms with Gasteiger partial charge in [0.05, 0.1) is 6.42 Å². The van der Waals surface area contributed by atoms with Crippen LogP contribution < -0.4 is 10.1 Å². The van der Waals surface area contributed by atoms with Gasteiger partial charge in [0.2, 0.25) is 0 Å². The van der Waals surface area contributed by atoms with Crippen molar-refractivity contribution < 1.29 is 19.4 Å². The van der Waals surface area contributed by atoms with E-state index in [9.17, 15) is 9.59 Å². The molecule has 1 amide bonds. The first-order chi connectivity index (χ1) is 18.9. The van der Waals surface area contributed by atoms with E-state index in [2.05, 4.69) is 35.0 Å². The fraction of sp³-hybridized carbons (Fsp3) is 0.250. The van der Waals surface area contributed by atoms with Gasteiger partial charge in [0.25, 0.3) is 5.91 Å². The van der Waals surface area contributed by atoms with Crippen molar-refractivity contribution in [3.63, 3.8) is 0 Å². The highest BCUT2D eigenvalue weighted by Gasteiger charge is 2.27. The lowest BCUT2D eigenvalue weighted by atomic mass is 9.85. The molecule has 0 aliphatic carbocycles. The summed E-state index contributed by atoms with van der Waals surface area (Å²) >= 11 is 6.21. The molecule has 0 bridgehead atoms. The lowest BCUT2D eigenvalue weighted by molar-refractivity contribution is -0.136. The largest absolute Gasteiger partial charge is 0.485 e. The molecular formula is C32H33ClN2O4. The molecule has 0 radical (unpaired) electrons. The summed E-state index contributed by atoms with van der Waals surface area (Å²) in [5, 5.41) is 12.1. The average Bonchev–Trinajstić information content (AvgIpc) is 3.37. The lowest BCUT2D eigenvalue weighted by Crippen LogP contribution is -2.26. The summed E-state index contributed by atoms with van der Waals surface area (Å²) in [6.07, 6.45) is 3.43. The van der Waals surface area contributed by atoms with E-state index in [1.807, 2.05) is 67.8 Å². The lowest BCUT2D eigenvalue weighted by Gasteiger charge is -2.29. The van der Waals surface area contributed by atoms with Gasteiger partial charge in [-0.2, -0.15) is 0 Å². The van der Waals surface area contributed by atoms with Crippen molar-refractivity contribution in [1.29, 1.82) is 0 Å². The summed E-state index contributed by atoms with van der Waals surface area (Å²) < 4.78 is 8.83. The molecule has 7 heteroatoms. The Balaban J connectivity index is 1.64. The van der Waals surface area contributed by atoms with Crippen molar-refractivity contribution >= 4 is 23.5 Å². The predicted molar refractivity (Wildman–Crippen MR) is 154 cm³/mol. The molecule has 1 aromatic heterocycles. The molecule has 0 saturated carbocycles. The van der Waals surface area contributed by atoms with Crippen LogP contribution in [0.3, 0.4) is 0 Å². The molecule has 3 aromatic carbocycles. The highest BCUT2D eigenvalue weighted by Crippen LogP contribution is 2.39. The first-order valence-corrected chi connectivity index (χ1v) is 13.5. The van der Waals surface area contributed by atoms with Gasteiger partial charge in [-0.3, -0.25) is 9.59 Å². The number of ether oxygens (including phenoxy) is 1. The Morgan fingerprint density at radius 2 is 1.69 bits per heavy atom. The molecule has 39 heavy (non-hydrogen) atoms. The molecule has 0 fully saturated rings. The minimum Gasteiger partial charge on any atom is -0.485 e. The molecule has 0 saturated heterocycles. The number of carboxylic acids is 1. The maximum Gasteiger partial charge on any atom is 0.305 e. The quantitative estimate of drug-likeness (QED) is 0.197. The van der Waals surface area contributed by atoms with Crippen LogP contribution in [0, 0.1) is 0 Å². The molecule has 0 spiro atoms. The first kappa shape index (κ1) is 28.0. The number of amides is 1. The van der Waals surface area contributed by atoms with Crippen LogP contribution in [0.1, 0.15) is 59.7 Å². The van der Waals surface area contributed by atoms with Crippen molar-refractivity contribution in [2.45, 2.75) is 38.2 Å². The molecule has 4 rings (SSSR count). The van der Waals surface area contributed by atoms with E-state index in [1.54, 1.807) is 12.1 Å². The van der Waals surface area contributed by atoms with Gasteiger partial charge < -0.3 is 19.7 Å². The molecule has 0 unspecified atom stereocenters. The number of hydrogen-bond donors (Lipinski definition) is 2. The van der Waals surface area contributed by atoms with Gasteiger partial charge in [0.1, 0.15) is 11.9 Å². The summed E-state index contributed by atoms with van der Waals surface area (Å²) in [5.74, 6) is -0.462. The van der Waals surface area contributed by atoms with Crippen molar-refractivity contribution in [2.75, 3.05) is 6.54 Å². The van der Waals surface area contributed by atoms with E-state index in [0.717, 1.165) is 41.0 Å². The number of carboxylic acid groups (broad SMARTS) is 1. The van der Waals surface area contributed by atoms with Gasteiger partial charge >= 0.3 is 5.97 Å². The van der Waals surface area contributed by atoms with E-state index in [4.69, 9.17) is 21.4 Å². The summed E-state index contributed by atoms with van der Waals surface area (Å²) in [7, 11) is 2.02. The number of carbonyl (C=O) groups is 2. The predicted octanol–water partition coefficient (Wildman–Crippen LogP) is 7.25. The Labute approximate surface area is 234 Å². The van der Waals surface area contributed by atoms with Crippen LogP contribution in [0.15, 0.2) is 91.1 Å². The average molecular weight is 545 g/mol. The van der Waals surface area contributed by atoms with E-state index >= 15 is 0 Å². The van der Waals surface area contributed by atoms with Crippen LogP contribution in [0.25, 0.3) is 11.3 Å². The van der Waals surface area contributed by atoms with Crippen molar-refractivity contribution in [2.24, 2.45) is 7.05 Å². The number of aryl methyl sites for hydroxylation is 1. The standard InChI is InChI=1S/C32H33ClN2O4/c1-3-6-28(22-10-12-24(13-11-22)32(38)34-19-18-30(36)37)31(23-14-16-26(33)17-15-23)39-27-8-4-7-25(21-27)29-9-5-20-35(29)2/h4-5,7-17,20-21,28,31H,3,6,18-19H2,1-2H3,(H,34,38)(H,36,37)/t28-,31+/m1/s1. The molecule has 0 aliphatic heterocycles. The Morgan fingerprint density at radius 3 is 2.33 bits per heavy atom. The van der Waals surface area contributed by atoms with Gasteiger partial charge in [0.15, 0.2) is 0 Å². The smallest absolute Gasteiger partial charge is 0.305 e. The molecule has 202 valence electrons. The number of aromatic nitrogens is 1. The zero-order valence-electron chi connectivity index (χ0n) is 22.1. The second-order valence-corrected chi connectivity index (χ2v) is 9.98. The number of nitrogens with one attached hydrogen (secondary N) is 1. The van der Waals surface area contributed by atoms with Crippen LogP contribution in [0.2, 0.25) is 5.02 Å².